The molecule has 3 rings (SSSR count). The first kappa shape index (κ1) is 23.6. The maximum Gasteiger partial charge on any atom is 0.264 e. The van der Waals surface area contributed by atoms with Crippen molar-refractivity contribution in [2.45, 2.75) is 56.4 Å². The zero-order valence-electron chi connectivity index (χ0n) is 17.9. The summed E-state index contributed by atoms with van der Waals surface area (Å²) in [5, 5.41) is 3.05. The minimum Gasteiger partial charge on any atom is -0.496 e. The number of ether oxygens (including phenoxy) is 1. The van der Waals surface area contributed by atoms with Crippen molar-refractivity contribution in [3.8, 4) is 5.75 Å². The Morgan fingerprint density at radius 1 is 1.10 bits per heavy atom. The molecule has 1 N–H and O–H groups in total. The second kappa shape index (κ2) is 10.5. The number of carbonyl (C=O) groups excluding carboxylic acids is 1. The topological polar surface area (TPSA) is 75.7 Å². The van der Waals surface area contributed by atoms with E-state index < -0.39 is 10.0 Å². The molecule has 1 fully saturated rings. The summed E-state index contributed by atoms with van der Waals surface area (Å²) in [6, 6.07) is 11.8. The van der Waals surface area contributed by atoms with Crippen molar-refractivity contribution < 1.29 is 17.9 Å². The predicted octanol–water partition coefficient (Wildman–Crippen LogP) is 4.80. The van der Waals surface area contributed by atoms with Gasteiger partial charge in [-0.25, -0.2) is 8.42 Å². The van der Waals surface area contributed by atoms with Crippen LogP contribution in [0.4, 0.5) is 5.69 Å². The van der Waals surface area contributed by atoms with Gasteiger partial charge in [-0.3, -0.25) is 9.10 Å². The number of amides is 1. The van der Waals surface area contributed by atoms with Crippen LogP contribution in [0, 0.1) is 6.92 Å². The number of nitrogens with zero attached hydrogens (tertiary/aromatic N) is 1. The second-order valence-electron chi connectivity index (χ2n) is 7.90. The van der Waals surface area contributed by atoms with Gasteiger partial charge < -0.3 is 10.1 Å². The summed E-state index contributed by atoms with van der Waals surface area (Å²) < 4.78 is 34.0. The molecule has 0 heterocycles. The van der Waals surface area contributed by atoms with Crippen LogP contribution in [0.5, 0.6) is 5.75 Å². The largest absolute Gasteiger partial charge is 0.496 e. The van der Waals surface area contributed by atoms with Gasteiger partial charge in [0.2, 0.25) is 5.91 Å². The fraction of sp³-hybridized carbons (Fsp3) is 0.435. The molecule has 0 saturated heterocycles. The van der Waals surface area contributed by atoms with E-state index in [2.05, 4.69) is 21.2 Å². The van der Waals surface area contributed by atoms with Crippen LogP contribution in [-0.4, -0.2) is 34.0 Å². The molecule has 6 nitrogen and oxygen atoms in total. The highest BCUT2D eigenvalue weighted by atomic mass is 79.9. The standard InChI is InChI=1S/C23H29BrN2O4S/c1-17-9-11-19(12-10-17)26(16-23(27)25-18-7-5-3-4-6-8-18)31(28,29)20-13-14-22(30-2)21(24)15-20/h9-15,18H,3-8,16H2,1-2H3,(H,25,27). The lowest BCUT2D eigenvalue weighted by molar-refractivity contribution is -0.120. The van der Waals surface area contributed by atoms with Crippen LogP contribution >= 0.6 is 15.9 Å². The molecule has 2 aromatic rings. The van der Waals surface area contributed by atoms with Crippen LogP contribution < -0.4 is 14.4 Å². The van der Waals surface area contributed by atoms with Crippen molar-refractivity contribution in [1.82, 2.24) is 5.32 Å². The molecular formula is C23H29BrN2O4S. The summed E-state index contributed by atoms with van der Waals surface area (Å²) in [4.78, 5) is 13.0. The zero-order chi connectivity index (χ0) is 22.4. The molecule has 0 bridgehead atoms. The van der Waals surface area contributed by atoms with Gasteiger partial charge in [0, 0.05) is 6.04 Å². The number of nitrogens with one attached hydrogen (secondary N) is 1. The summed E-state index contributed by atoms with van der Waals surface area (Å²) in [6.45, 7) is 1.66. The Labute approximate surface area is 193 Å². The molecule has 0 aliphatic heterocycles. The van der Waals surface area contributed by atoms with E-state index in [1.54, 1.807) is 18.2 Å². The van der Waals surface area contributed by atoms with E-state index in [0.29, 0.717) is 15.9 Å². The number of carbonyl (C=O) groups is 1. The van der Waals surface area contributed by atoms with E-state index in [1.165, 1.54) is 36.4 Å². The summed E-state index contributed by atoms with van der Waals surface area (Å²) in [5.41, 5.74) is 1.46. The number of anilines is 1. The van der Waals surface area contributed by atoms with Crippen molar-refractivity contribution in [2.75, 3.05) is 18.0 Å². The summed E-state index contributed by atoms with van der Waals surface area (Å²) in [5.74, 6) is 0.246. The van der Waals surface area contributed by atoms with Gasteiger partial charge in [0.15, 0.2) is 0 Å². The lowest BCUT2D eigenvalue weighted by Crippen LogP contribution is -2.44. The lowest BCUT2D eigenvalue weighted by Gasteiger charge is -2.26. The summed E-state index contributed by atoms with van der Waals surface area (Å²) >= 11 is 3.35. The molecule has 1 aliphatic carbocycles. The van der Waals surface area contributed by atoms with E-state index in [-0.39, 0.29) is 23.4 Å². The van der Waals surface area contributed by atoms with Crippen molar-refractivity contribution in [3.05, 3.63) is 52.5 Å². The molecule has 0 unspecified atom stereocenters. The Morgan fingerprint density at radius 2 is 1.74 bits per heavy atom. The van der Waals surface area contributed by atoms with Crippen molar-refractivity contribution in [1.29, 1.82) is 0 Å². The maximum atomic E-state index is 13.5. The summed E-state index contributed by atoms with van der Waals surface area (Å²) in [6.07, 6.45) is 6.42. The lowest BCUT2D eigenvalue weighted by atomic mass is 10.1. The molecule has 168 valence electrons. The Hall–Kier alpha value is -2.06. The number of methoxy groups -OCH3 is 1. The Balaban J connectivity index is 1.89. The molecule has 0 atom stereocenters. The highest BCUT2D eigenvalue weighted by molar-refractivity contribution is 9.10. The first-order chi connectivity index (χ1) is 14.8. The molecule has 8 heteroatoms. The highest BCUT2D eigenvalue weighted by Crippen LogP contribution is 2.31. The molecule has 0 radical (unpaired) electrons. The minimum absolute atomic E-state index is 0.0861. The first-order valence-corrected chi connectivity index (χ1v) is 12.8. The van der Waals surface area contributed by atoms with E-state index in [9.17, 15) is 13.2 Å². The summed E-state index contributed by atoms with van der Waals surface area (Å²) in [7, 11) is -2.45. The first-order valence-electron chi connectivity index (χ1n) is 10.5. The highest BCUT2D eigenvalue weighted by Gasteiger charge is 2.28. The van der Waals surface area contributed by atoms with E-state index in [4.69, 9.17) is 4.74 Å². The van der Waals surface area contributed by atoms with Gasteiger partial charge in [0.25, 0.3) is 10.0 Å². The van der Waals surface area contributed by atoms with Gasteiger partial charge >= 0.3 is 0 Å². The normalized spacial score (nSPS) is 15.2. The van der Waals surface area contributed by atoms with Crippen LogP contribution in [-0.2, 0) is 14.8 Å². The van der Waals surface area contributed by atoms with Crippen molar-refractivity contribution in [2.24, 2.45) is 0 Å². The van der Waals surface area contributed by atoms with Crippen LogP contribution in [0.25, 0.3) is 0 Å². The number of hydrogen-bond donors (Lipinski definition) is 1. The Bertz CT molecular complexity index is 1000. The molecule has 0 spiro atoms. The van der Waals surface area contributed by atoms with Crippen LogP contribution in [0.2, 0.25) is 0 Å². The monoisotopic (exact) mass is 508 g/mol. The number of benzene rings is 2. The minimum atomic E-state index is -3.97. The number of aryl methyl sites for hydroxylation is 1. The number of sulfonamides is 1. The SMILES string of the molecule is COc1ccc(S(=O)(=O)N(CC(=O)NC2CCCCCC2)c2ccc(C)cc2)cc1Br. The van der Waals surface area contributed by atoms with E-state index in [0.717, 1.165) is 31.2 Å². The fourth-order valence-corrected chi connectivity index (χ4v) is 5.93. The van der Waals surface area contributed by atoms with Crippen molar-refractivity contribution in [3.63, 3.8) is 0 Å². The fourth-order valence-electron chi connectivity index (χ4n) is 3.79. The van der Waals surface area contributed by atoms with Crippen LogP contribution in [0.1, 0.15) is 44.1 Å². The van der Waals surface area contributed by atoms with Crippen molar-refractivity contribution >= 4 is 37.5 Å². The third kappa shape index (κ3) is 6.01. The molecule has 1 amide bonds. The third-order valence-corrected chi connectivity index (χ3v) is 7.93. The van der Waals surface area contributed by atoms with Crippen LogP contribution in [0.3, 0.4) is 0 Å². The number of halogens is 1. The smallest absolute Gasteiger partial charge is 0.264 e. The van der Waals surface area contributed by atoms with Crippen LogP contribution in [0.15, 0.2) is 51.8 Å². The number of hydrogen-bond acceptors (Lipinski definition) is 4. The molecule has 2 aromatic carbocycles. The maximum absolute atomic E-state index is 13.5. The van der Waals surface area contributed by atoms with Gasteiger partial charge in [-0.15, -0.1) is 0 Å². The van der Waals surface area contributed by atoms with Gasteiger partial charge in [-0.05, 0) is 66.0 Å². The van der Waals surface area contributed by atoms with E-state index in [1.807, 2.05) is 19.1 Å². The quantitative estimate of drug-likeness (QED) is 0.544. The van der Waals surface area contributed by atoms with Gasteiger partial charge in [-0.2, -0.15) is 0 Å². The Morgan fingerprint density at radius 3 is 2.32 bits per heavy atom. The molecule has 0 aromatic heterocycles. The predicted molar refractivity (Wildman–Crippen MR) is 126 cm³/mol. The zero-order valence-corrected chi connectivity index (χ0v) is 20.3. The Kier molecular flexibility index (Phi) is 8.00. The molecule has 1 saturated carbocycles. The van der Waals surface area contributed by atoms with Gasteiger partial charge in [0.1, 0.15) is 12.3 Å². The average Bonchev–Trinajstić information content (AvgIpc) is 3.01. The molecule has 1 aliphatic rings. The third-order valence-electron chi connectivity index (χ3n) is 5.54. The molecule has 31 heavy (non-hydrogen) atoms. The second-order valence-corrected chi connectivity index (χ2v) is 10.6. The van der Waals surface area contributed by atoms with E-state index >= 15 is 0 Å². The average molecular weight is 509 g/mol. The van der Waals surface area contributed by atoms with Gasteiger partial charge in [-0.1, -0.05) is 43.4 Å². The number of rotatable bonds is 7. The molecular weight excluding hydrogens is 480 g/mol. The van der Waals surface area contributed by atoms with Gasteiger partial charge in [0.05, 0.1) is 22.2 Å².